The fraction of sp³-hybridized carbons (Fsp3) is 0.455. The fourth-order valence-corrected chi connectivity index (χ4v) is 4.93. The van der Waals surface area contributed by atoms with E-state index < -0.39 is 0 Å². The van der Waals surface area contributed by atoms with Crippen molar-refractivity contribution in [2.75, 3.05) is 6.54 Å². The SMILES string of the molecule is Cc1cnc(CC2CC3CCC2N(C(=O)c2nc(C)ccc2-n2nccn2)C3)cn1. The van der Waals surface area contributed by atoms with Gasteiger partial charge in [-0.15, -0.1) is 4.80 Å². The number of carbonyl (C=O) groups is 1. The topological polar surface area (TPSA) is 89.7 Å². The Morgan fingerprint density at radius 2 is 1.90 bits per heavy atom. The van der Waals surface area contributed by atoms with Gasteiger partial charge in [0.25, 0.3) is 5.91 Å². The molecule has 3 aromatic rings. The van der Waals surface area contributed by atoms with E-state index in [9.17, 15) is 4.79 Å². The van der Waals surface area contributed by atoms with Crippen molar-refractivity contribution in [1.29, 1.82) is 0 Å². The lowest BCUT2D eigenvalue weighted by molar-refractivity contribution is 0.00509. The number of fused-ring (bicyclic) bond motifs is 3. The first kappa shape index (κ1) is 18.8. The number of amides is 1. The molecule has 30 heavy (non-hydrogen) atoms. The Hall–Kier alpha value is -3.16. The lowest BCUT2D eigenvalue weighted by Crippen LogP contribution is -2.56. The summed E-state index contributed by atoms with van der Waals surface area (Å²) in [6, 6.07) is 3.96. The number of nitrogens with zero attached hydrogens (tertiary/aromatic N) is 7. The van der Waals surface area contributed by atoms with E-state index in [2.05, 4.69) is 25.1 Å². The van der Waals surface area contributed by atoms with Crippen LogP contribution in [0.15, 0.2) is 36.9 Å². The molecule has 2 aliphatic heterocycles. The molecular formula is C22H25N7O. The summed E-state index contributed by atoms with van der Waals surface area (Å²) in [5, 5.41) is 8.42. The minimum absolute atomic E-state index is 0.0274. The molecule has 3 aliphatic rings. The first-order valence-electron chi connectivity index (χ1n) is 10.5. The summed E-state index contributed by atoms with van der Waals surface area (Å²) >= 11 is 0. The van der Waals surface area contributed by atoms with Crippen LogP contribution in [0.1, 0.15) is 46.8 Å². The molecule has 2 bridgehead atoms. The third-order valence-electron chi connectivity index (χ3n) is 6.32. The van der Waals surface area contributed by atoms with Crippen molar-refractivity contribution in [3.63, 3.8) is 0 Å². The van der Waals surface area contributed by atoms with E-state index in [1.165, 1.54) is 11.2 Å². The van der Waals surface area contributed by atoms with Gasteiger partial charge in [0.05, 0.1) is 23.8 Å². The molecule has 1 saturated carbocycles. The van der Waals surface area contributed by atoms with Crippen LogP contribution in [-0.4, -0.2) is 53.3 Å². The van der Waals surface area contributed by atoms with Crippen LogP contribution in [0.2, 0.25) is 0 Å². The van der Waals surface area contributed by atoms with Crippen molar-refractivity contribution in [3.8, 4) is 5.69 Å². The molecule has 0 N–H and O–H groups in total. The van der Waals surface area contributed by atoms with Gasteiger partial charge in [-0.2, -0.15) is 10.2 Å². The first-order valence-corrected chi connectivity index (χ1v) is 10.5. The van der Waals surface area contributed by atoms with Gasteiger partial charge in [0.15, 0.2) is 5.69 Å². The number of pyridine rings is 1. The Balaban J connectivity index is 1.44. The lowest BCUT2D eigenvalue weighted by atomic mass is 9.71. The molecule has 1 aliphatic carbocycles. The Bertz CT molecular complexity index is 1050. The van der Waals surface area contributed by atoms with Gasteiger partial charge in [-0.05, 0) is 63.5 Å². The molecule has 3 atom stereocenters. The Morgan fingerprint density at radius 3 is 2.63 bits per heavy atom. The number of aromatic nitrogens is 6. The molecule has 3 fully saturated rings. The monoisotopic (exact) mass is 403 g/mol. The molecule has 0 aromatic carbocycles. The van der Waals surface area contributed by atoms with Gasteiger partial charge in [-0.1, -0.05) is 0 Å². The van der Waals surface area contributed by atoms with Gasteiger partial charge in [-0.25, -0.2) is 4.98 Å². The van der Waals surface area contributed by atoms with Crippen LogP contribution in [0, 0.1) is 25.7 Å². The predicted molar refractivity (Wildman–Crippen MR) is 110 cm³/mol. The highest BCUT2D eigenvalue weighted by Crippen LogP contribution is 2.41. The number of piperidine rings is 2. The second kappa shape index (κ2) is 7.59. The summed E-state index contributed by atoms with van der Waals surface area (Å²) in [4.78, 5) is 30.7. The maximum absolute atomic E-state index is 13.7. The van der Waals surface area contributed by atoms with E-state index >= 15 is 0 Å². The van der Waals surface area contributed by atoms with Crippen molar-refractivity contribution in [1.82, 2.24) is 34.8 Å². The molecule has 154 valence electrons. The number of rotatable bonds is 4. The van der Waals surface area contributed by atoms with E-state index in [1.54, 1.807) is 12.4 Å². The maximum Gasteiger partial charge on any atom is 0.275 e. The molecule has 1 amide bonds. The van der Waals surface area contributed by atoms with Gasteiger partial charge >= 0.3 is 0 Å². The van der Waals surface area contributed by atoms with E-state index in [-0.39, 0.29) is 11.9 Å². The molecule has 0 spiro atoms. The number of aryl methyl sites for hydroxylation is 2. The number of hydrogen-bond acceptors (Lipinski definition) is 6. The van der Waals surface area contributed by atoms with Crippen molar-refractivity contribution in [2.24, 2.45) is 11.8 Å². The Morgan fingerprint density at radius 1 is 1.07 bits per heavy atom. The minimum Gasteiger partial charge on any atom is -0.334 e. The average molecular weight is 403 g/mol. The van der Waals surface area contributed by atoms with E-state index in [4.69, 9.17) is 0 Å². The molecule has 8 heteroatoms. The normalized spacial score (nSPS) is 23.0. The van der Waals surface area contributed by atoms with E-state index in [1.807, 2.05) is 43.3 Å². The quantitative estimate of drug-likeness (QED) is 0.665. The number of hydrogen-bond donors (Lipinski definition) is 0. The largest absolute Gasteiger partial charge is 0.334 e. The number of carbonyl (C=O) groups excluding carboxylic acids is 1. The molecule has 8 nitrogen and oxygen atoms in total. The van der Waals surface area contributed by atoms with E-state index in [0.29, 0.717) is 23.2 Å². The second-order valence-electron chi connectivity index (χ2n) is 8.46. The summed E-state index contributed by atoms with van der Waals surface area (Å²) in [6.07, 6.45) is 11.1. The molecule has 2 saturated heterocycles. The minimum atomic E-state index is -0.0274. The molecular weight excluding hydrogens is 378 g/mol. The zero-order valence-electron chi connectivity index (χ0n) is 17.3. The van der Waals surface area contributed by atoms with Crippen LogP contribution < -0.4 is 0 Å². The molecule has 6 rings (SSSR count). The van der Waals surface area contributed by atoms with Crippen LogP contribution in [-0.2, 0) is 6.42 Å². The second-order valence-corrected chi connectivity index (χ2v) is 8.46. The maximum atomic E-state index is 13.7. The lowest BCUT2D eigenvalue weighted by Gasteiger charge is -2.50. The third-order valence-corrected chi connectivity index (χ3v) is 6.32. The molecule has 3 unspecified atom stereocenters. The average Bonchev–Trinajstić information content (AvgIpc) is 3.30. The van der Waals surface area contributed by atoms with Crippen molar-refractivity contribution >= 4 is 5.91 Å². The van der Waals surface area contributed by atoms with Crippen LogP contribution in [0.5, 0.6) is 0 Å². The summed E-state index contributed by atoms with van der Waals surface area (Å²) < 4.78 is 0. The molecule has 5 heterocycles. The Kier molecular flexibility index (Phi) is 4.77. The van der Waals surface area contributed by atoms with Gasteiger partial charge in [0.2, 0.25) is 0 Å². The van der Waals surface area contributed by atoms with Crippen molar-refractivity contribution in [2.45, 2.75) is 45.6 Å². The highest BCUT2D eigenvalue weighted by molar-refractivity contribution is 5.96. The van der Waals surface area contributed by atoms with Crippen molar-refractivity contribution in [3.05, 3.63) is 59.7 Å². The smallest absolute Gasteiger partial charge is 0.275 e. The summed E-state index contributed by atoms with van der Waals surface area (Å²) in [7, 11) is 0. The van der Waals surface area contributed by atoms with Crippen LogP contribution in [0.3, 0.4) is 0 Å². The fourth-order valence-electron chi connectivity index (χ4n) is 4.93. The van der Waals surface area contributed by atoms with Crippen LogP contribution in [0.25, 0.3) is 5.69 Å². The van der Waals surface area contributed by atoms with Crippen LogP contribution >= 0.6 is 0 Å². The standard InChI is InChI=1S/C22H25N7O/c1-14-3-5-20(29-25-7-8-26-29)21(27-14)22(30)28-13-16-4-6-19(28)17(9-16)10-18-12-23-15(2)11-24-18/h3,5,7-8,11-12,16-17,19H,4,6,9-10,13H2,1-2H3. The first-order chi connectivity index (χ1) is 14.6. The molecule has 3 aromatic heterocycles. The predicted octanol–water partition coefficient (Wildman–Crippen LogP) is 2.55. The summed E-state index contributed by atoms with van der Waals surface area (Å²) in [6.45, 7) is 4.64. The zero-order valence-corrected chi connectivity index (χ0v) is 17.3. The highest BCUT2D eigenvalue weighted by atomic mass is 16.2. The zero-order chi connectivity index (χ0) is 20.7. The van der Waals surface area contributed by atoms with Gasteiger partial charge in [-0.3, -0.25) is 14.8 Å². The Labute approximate surface area is 175 Å². The van der Waals surface area contributed by atoms with Crippen molar-refractivity contribution < 1.29 is 4.79 Å². The van der Waals surface area contributed by atoms with E-state index in [0.717, 1.165) is 42.9 Å². The summed E-state index contributed by atoms with van der Waals surface area (Å²) in [5.74, 6) is 0.897. The highest BCUT2D eigenvalue weighted by Gasteiger charge is 2.43. The van der Waals surface area contributed by atoms with Crippen LogP contribution in [0.4, 0.5) is 0 Å². The van der Waals surface area contributed by atoms with Gasteiger partial charge < -0.3 is 4.90 Å². The molecule has 0 radical (unpaired) electrons. The van der Waals surface area contributed by atoms with Gasteiger partial charge in [0, 0.05) is 30.7 Å². The third kappa shape index (κ3) is 3.46. The van der Waals surface area contributed by atoms with Gasteiger partial charge in [0.1, 0.15) is 5.69 Å². The summed E-state index contributed by atoms with van der Waals surface area (Å²) in [5.41, 5.74) is 3.78.